The van der Waals surface area contributed by atoms with Gasteiger partial charge in [-0.15, -0.1) is 0 Å². The Bertz CT molecular complexity index is 913. The van der Waals surface area contributed by atoms with E-state index in [0.717, 1.165) is 16.6 Å². The molecule has 1 aliphatic heterocycles. The van der Waals surface area contributed by atoms with E-state index < -0.39 is 5.92 Å². The number of rotatable bonds is 2. The highest BCUT2D eigenvalue weighted by Gasteiger charge is 2.29. The molecule has 1 unspecified atom stereocenters. The lowest BCUT2D eigenvalue weighted by atomic mass is 10.0. The van der Waals surface area contributed by atoms with Crippen molar-refractivity contribution in [3.8, 4) is 0 Å². The number of carbonyl (C=O) groups excluding carboxylic acids is 1. The number of carbonyl (C=O) groups is 1. The number of aromatic amines is 1. The zero-order chi connectivity index (χ0) is 15.1. The van der Waals surface area contributed by atoms with Gasteiger partial charge in [-0.3, -0.25) is 9.79 Å². The van der Waals surface area contributed by atoms with Gasteiger partial charge in [0.1, 0.15) is 11.7 Å². The van der Waals surface area contributed by atoms with Crippen LogP contribution in [-0.4, -0.2) is 17.1 Å². The van der Waals surface area contributed by atoms with Gasteiger partial charge in [0, 0.05) is 29.0 Å². The van der Waals surface area contributed by atoms with Gasteiger partial charge in [0.2, 0.25) is 5.91 Å². The van der Waals surface area contributed by atoms with Crippen LogP contribution in [0.4, 0.5) is 15.8 Å². The van der Waals surface area contributed by atoms with Gasteiger partial charge >= 0.3 is 0 Å². The maximum absolute atomic E-state index is 13.4. The van der Waals surface area contributed by atoms with Crippen molar-refractivity contribution in [3.05, 3.63) is 60.0 Å². The highest BCUT2D eigenvalue weighted by atomic mass is 19.1. The molecule has 1 aromatic heterocycles. The van der Waals surface area contributed by atoms with Crippen LogP contribution in [0.3, 0.4) is 0 Å². The third-order valence-corrected chi connectivity index (χ3v) is 3.80. The average molecular weight is 293 g/mol. The van der Waals surface area contributed by atoms with Gasteiger partial charge < -0.3 is 10.3 Å². The number of fused-ring (bicyclic) bond motifs is 2. The number of benzene rings is 2. The summed E-state index contributed by atoms with van der Waals surface area (Å²) in [6.45, 7) is 0. The number of aromatic nitrogens is 1. The fourth-order valence-electron chi connectivity index (χ4n) is 2.69. The fraction of sp³-hybridized carbons (Fsp3) is 0.0588. The van der Waals surface area contributed by atoms with Crippen LogP contribution in [0, 0.1) is 5.82 Å². The summed E-state index contributed by atoms with van der Waals surface area (Å²) in [4.78, 5) is 19.5. The van der Waals surface area contributed by atoms with E-state index in [1.165, 1.54) is 12.1 Å². The Morgan fingerprint density at radius 2 is 2.05 bits per heavy atom. The molecular weight excluding hydrogens is 281 g/mol. The van der Waals surface area contributed by atoms with Crippen LogP contribution < -0.4 is 5.32 Å². The highest BCUT2D eigenvalue weighted by molar-refractivity contribution is 6.12. The Hall–Kier alpha value is -2.95. The van der Waals surface area contributed by atoms with Crippen molar-refractivity contribution >= 4 is 34.4 Å². The van der Waals surface area contributed by atoms with Crippen molar-refractivity contribution in [1.82, 2.24) is 4.98 Å². The van der Waals surface area contributed by atoms with E-state index in [-0.39, 0.29) is 11.7 Å². The molecule has 4 rings (SSSR count). The topological polar surface area (TPSA) is 57.2 Å². The Balaban J connectivity index is 1.68. The average Bonchev–Trinajstić information content (AvgIpc) is 3.08. The van der Waals surface area contributed by atoms with E-state index in [9.17, 15) is 9.18 Å². The van der Waals surface area contributed by atoms with Crippen LogP contribution in [0.5, 0.6) is 0 Å². The molecule has 0 aliphatic carbocycles. The molecule has 5 heteroatoms. The smallest absolute Gasteiger partial charge is 0.237 e. The van der Waals surface area contributed by atoms with Crippen LogP contribution in [0.2, 0.25) is 0 Å². The molecule has 3 aromatic rings. The third-order valence-electron chi connectivity index (χ3n) is 3.80. The van der Waals surface area contributed by atoms with Gasteiger partial charge in [-0.05, 0) is 48.0 Å². The zero-order valence-corrected chi connectivity index (χ0v) is 11.5. The SMILES string of the molecule is O=C1Nc2ccc(F)cc2C1C=Nc1ccc2[nH]ccc2c1. The summed E-state index contributed by atoms with van der Waals surface area (Å²) < 4.78 is 13.4. The van der Waals surface area contributed by atoms with Gasteiger partial charge in [-0.2, -0.15) is 0 Å². The number of halogens is 1. The number of nitrogens with zero attached hydrogens (tertiary/aromatic N) is 1. The Labute approximate surface area is 125 Å². The van der Waals surface area contributed by atoms with E-state index in [2.05, 4.69) is 15.3 Å². The number of H-pyrrole nitrogens is 1. The number of aliphatic imine (C=N–C) groups is 1. The molecule has 4 nitrogen and oxygen atoms in total. The molecule has 0 saturated carbocycles. The van der Waals surface area contributed by atoms with Crippen LogP contribution in [0.1, 0.15) is 11.5 Å². The third kappa shape index (κ3) is 2.07. The summed E-state index contributed by atoms with van der Waals surface area (Å²) in [5.74, 6) is -1.11. The lowest BCUT2D eigenvalue weighted by Crippen LogP contribution is -2.12. The van der Waals surface area contributed by atoms with Crippen molar-refractivity contribution in [3.63, 3.8) is 0 Å². The second-order valence-corrected chi connectivity index (χ2v) is 5.23. The van der Waals surface area contributed by atoms with Crippen molar-refractivity contribution in [2.24, 2.45) is 4.99 Å². The summed E-state index contributed by atoms with van der Waals surface area (Å²) >= 11 is 0. The number of anilines is 1. The van der Waals surface area contributed by atoms with Crippen LogP contribution in [-0.2, 0) is 4.79 Å². The monoisotopic (exact) mass is 293 g/mol. The van der Waals surface area contributed by atoms with E-state index in [0.29, 0.717) is 11.3 Å². The molecule has 0 radical (unpaired) electrons. The summed E-state index contributed by atoms with van der Waals surface area (Å²) in [6, 6.07) is 12.0. The molecule has 0 spiro atoms. The van der Waals surface area contributed by atoms with Gasteiger partial charge in [0.25, 0.3) is 0 Å². The molecule has 1 aliphatic rings. The molecule has 2 N–H and O–H groups in total. The minimum Gasteiger partial charge on any atom is -0.361 e. The first-order valence-corrected chi connectivity index (χ1v) is 6.92. The largest absolute Gasteiger partial charge is 0.361 e. The molecule has 0 saturated heterocycles. The Kier molecular flexibility index (Phi) is 2.79. The van der Waals surface area contributed by atoms with Crippen molar-refractivity contribution in [2.45, 2.75) is 5.92 Å². The number of nitrogens with one attached hydrogen (secondary N) is 2. The van der Waals surface area contributed by atoms with Gasteiger partial charge in [0.15, 0.2) is 0 Å². The molecule has 2 aromatic carbocycles. The van der Waals surface area contributed by atoms with Gasteiger partial charge in [-0.25, -0.2) is 4.39 Å². The van der Waals surface area contributed by atoms with E-state index >= 15 is 0 Å². The first-order chi connectivity index (χ1) is 10.7. The van der Waals surface area contributed by atoms with Gasteiger partial charge in [0.05, 0.1) is 5.69 Å². The Morgan fingerprint density at radius 1 is 1.14 bits per heavy atom. The summed E-state index contributed by atoms with van der Waals surface area (Å²) in [5.41, 5.74) is 3.05. The number of hydrogen-bond acceptors (Lipinski definition) is 2. The minimum atomic E-state index is -0.562. The maximum Gasteiger partial charge on any atom is 0.237 e. The number of hydrogen-bond donors (Lipinski definition) is 2. The van der Waals surface area contributed by atoms with Crippen molar-refractivity contribution in [2.75, 3.05) is 5.32 Å². The zero-order valence-electron chi connectivity index (χ0n) is 11.5. The first-order valence-electron chi connectivity index (χ1n) is 6.92. The number of amides is 1. The minimum absolute atomic E-state index is 0.188. The summed E-state index contributed by atoms with van der Waals surface area (Å²) in [5, 5.41) is 3.79. The highest BCUT2D eigenvalue weighted by Crippen LogP contribution is 2.32. The second-order valence-electron chi connectivity index (χ2n) is 5.23. The molecule has 1 amide bonds. The summed E-state index contributed by atoms with van der Waals surface area (Å²) in [6.07, 6.45) is 3.43. The lowest BCUT2D eigenvalue weighted by Gasteiger charge is -2.02. The van der Waals surface area contributed by atoms with Crippen LogP contribution in [0.15, 0.2) is 53.7 Å². The van der Waals surface area contributed by atoms with Crippen molar-refractivity contribution < 1.29 is 9.18 Å². The molecule has 2 heterocycles. The maximum atomic E-state index is 13.4. The molecule has 0 fully saturated rings. The molecule has 1 atom stereocenters. The molecular formula is C17H12FN3O. The quantitative estimate of drug-likeness (QED) is 0.695. The first kappa shape index (κ1) is 12.8. The van der Waals surface area contributed by atoms with Crippen molar-refractivity contribution in [1.29, 1.82) is 0 Å². The predicted octanol–water partition coefficient (Wildman–Crippen LogP) is 3.75. The summed E-state index contributed by atoms with van der Waals surface area (Å²) in [7, 11) is 0. The standard InChI is InChI=1S/C17H12FN3O/c18-11-1-3-16-13(8-11)14(17(22)21-16)9-20-12-2-4-15-10(7-12)5-6-19-15/h1-9,14,19H,(H,21,22). The van der Waals surface area contributed by atoms with Crippen LogP contribution >= 0.6 is 0 Å². The van der Waals surface area contributed by atoms with E-state index in [4.69, 9.17) is 0 Å². The van der Waals surface area contributed by atoms with E-state index in [1.807, 2.05) is 30.5 Å². The van der Waals surface area contributed by atoms with E-state index in [1.54, 1.807) is 12.3 Å². The second kappa shape index (κ2) is 4.80. The molecule has 22 heavy (non-hydrogen) atoms. The predicted molar refractivity (Wildman–Crippen MR) is 84.2 cm³/mol. The Morgan fingerprint density at radius 3 is 2.95 bits per heavy atom. The van der Waals surface area contributed by atoms with Gasteiger partial charge in [-0.1, -0.05) is 0 Å². The normalized spacial score (nSPS) is 17.1. The molecule has 0 bridgehead atoms. The fourth-order valence-corrected chi connectivity index (χ4v) is 2.69. The molecule has 108 valence electrons. The lowest BCUT2D eigenvalue weighted by molar-refractivity contribution is -0.115. The van der Waals surface area contributed by atoms with Crippen LogP contribution in [0.25, 0.3) is 10.9 Å².